The van der Waals surface area contributed by atoms with Gasteiger partial charge in [-0.25, -0.2) is 0 Å². The van der Waals surface area contributed by atoms with Gasteiger partial charge in [0.1, 0.15) is 5.91 Å². The maximum absolute atomic E-state index is 6.03. The number of H-pyrrole nitrogens is 1. The van der Waals surface area contributed by atoms with E-state index in [2.05, 4.69) is 151 Å². The van der Waals surface area contributed by atoms with Crippen molar-refractivity contribution in [3.8, 4) is 0 Å². The number of para-hydroxylation sites is 1. The highest BCUT2D eigenvalue weighted by molar-refractivity contribution is 7.74. The number of benzene rings is 5. The molecule has 0 atom stereocenters. The molecule has 5 aromatic carbocycles. The number of hydrogen-bond donors (Lipinski definition) is 1. The molecule has 0 saturated heterocycles. The zero-order valence-corrected chi connectivity index (χ0v) is 34.2. The summed E-state index contributed by atoms with van der Waals surface area (Å²) in [7, 11) is -1.32. The van der Waals surface area contributed by atoms with Crippen LogP contribution in [0.2, 0.25) is 0 Å². The fourth-order valence-electron chi connectivity index (χ4n) is 6.28. The molecule has 6 aromatic rings. The van der Waals surface area contributed by atoms with Crippen molar-refractivity contribution in [2.24, 2.45) is 0 Å². The minimum absolute atomic E-state index is 0.0485. The lowest BCUT2D eigenvalue weighted by Crippen LogP contribution is -2.29. The Labute approximate surface area is 315 Å². The van der Waals surface area contributed by atoms with Crippen LogP contribution in [0.15, 0.2) is 146 Å². The maximum Gasteiger partial charge on any atom is 0.186 e. The predicted octanol–water partition coefficient (Wildman–Crippen LogP) is 8.47. The van der Waals surface area contributed by atoms with Crippen molar-refractivity contribution in [3.05, 3.63) is 157 Å². The van der Waals surface area contributed by atoms with E-state index in [0.717, 1.165) is 30.5 Å². The Balaban J connectivity index is 0.000000212. The van der Waals surface area contributed by atoms with Crippen molar-refractivity contribution in [3.63, 3.8) is 0 Å². The zero-order valence-electron chi connectivity index (χ0n) is 31.0. The van der Waals surface area contributed by atoms with Gasteiger partial charge in [0.15, 0.2) is 6.29 Å². The number of aromatic nitrogens is 1. The Bertz CT molecular complexity index is 1750. The summed E-state index contributed by atoms with van der Waals surface area (Å²) in [6.45, 7) is 10.8. The van der Waals surface area contributed by atoms with Crippen LogP contribution >= 0.6 is 15.8 Å². The second kappa shape index (κ2) is 21.9. The van der Waals surface area contributed by atoms with E-state index in [1.54, 1.807) is 0 Å². The van der Waals surface area contributed by atoms with Gasteiger partial charge in [-0.2, -0.15) is 0 Å². The predicted molar refractivity (Wildman–Crippen MR) is 227 cm³/mol. The third-order valence-corrected chi connectivity index (χ3v) is 16.7. The molecule has 0 saturated carbocycles. The van der Waals surface area contributed by atoms with E-state index in [-0.39, 0.29) is 20.1 Å². The fourth-order valence-corrected chi connectivity index (χ4v) is 14.7. The molecular weight excluding hydrogens is 697 g/mol. The average Bonchev–Trinajstić information content (AvgIpc) is 3.57. The Morgan fingerprint density at radius 2 is 0.904 bits per heavy atom. The SMILES string of the molecule is CCOC(OCC)[SiH2]CP(c1ccccc1)c1ccccc1.CCOC(OCC)c1c(CP(c2ccccc2)c2ccccc2)[nH]c2ccccc12. The van der Waals surface area contributed by atoms with E-state index in [0.29, 0.717) is 13.2 Å². The van der Waals surface area contributed by atoms with Crippen molar-refractivity contribution in [2.45, 2.75) is 46.1 Å². The second-order valence-electron chi connectivity index (χ2n) is 12.0. The molecule has 5 nitrogen and oxygen atoms in total. The van der Waals surface area contributed by atoms with Gasteiger partial charge in [-0.3, -0.25) is 0 Å². The van der Waals surface area contributed by atoms with Crippen LogP contribution in [0.5, 0.6) is 0 Å². The van der Waals surface area contributed by atoms with E-state index in [9.17, 15) is 0 Å². The summed E-state index contributed by atoms with van der Waals surface area (Å²) < 4.78 is 23.6. The largest absolute Gasteiger partial charge is 0.358 e. The summed E-state index contributed by atoms with van der Waals surface area (Å²) in [5.74, 6) is 1.26. The second-order valence-corrected chi connectivity index (χ2v) is 19.1. The fraction of sp³-hybridized carbons (Fsp3) is 0.273. The number of nitrogens with one attached hydrogen (secondary N) is 1. The first-order chi connectivity index (χ1) is 25.7. The Kier molecular flexibility index (Phi) is 16.8. The van der Waals surface area contributed by atoms with Crippen LogP contribution in [0.3, 0.4) is 0 Å². The zero-order chi connectivity index (χ0) is 36.4. The highest BCUT2D eigenvalue weighted by Gasteiger charge is 2.25. The quantitative estimate of drug-likeness (QED) is 0.0545. The lowest BCUT2D eigenvalue weighted by molar-refractivity contribution is -0.139. The standard InChI is InChI=1S/C26H28NO2P.C18H25O2PSi/c1-3-28-26(29-4-2)25-22-17-11-12-18-23(22)27-24(25)19-30(20-13-7-5-8-14-20)21-15-9-6-10-16-21;1-3-19-18(20-4-2)22-15-21(16-11-7-5-8-12-16)17-13-9-6-10-14-17/h5-18,26-27H,3-4,19H2,1-2H3;5-14,18H,3-4,15,22H2,1-2H3. The third kappa shape index (κ3) is 11.3. The smallest absolute Gasteiger partial charge is 0.186 e. The minimum Gasteiger partial charge on any atom is -0.358 e. The summed E-state index contributed by atoms with van der Waals surface area (Å²) in [4.78, 5) is 3.69. The normalized spacial score (nSPS) is 11.7. The van der Waals surface area contributed by atoms with Gasteiger partial charge >= 0.3 is 0 Å². The number of aromatic amines is 1. The van der Waals surface area contributed by atoms with Crippen molar-refractivity contribution in [2.75, 3.05) is 32.2 Å². The highest BCUT2D eigenvalue weighted by atomic mass is 31.1. The molecule has 1 heterocycles. The topological polar surface area (TPSA) is 52.7 Å². The van der Waals surface area contributed by atoms with Gasteiger partial charge < -0.3 is 23.9 Å². The molecule has 0 aliphatic carbocycles. The van der Waals surface area contributed by atoms with E-state index < -0.39 is 17.4 Å². The van der Waals surface area contributed by atoms with Crippen LogP contribution in [0.1, 0.15) is 45.2 Å². The summed E-state index contributed by atoms with van der Waals surface area (Å²) in [5, 5.41) is 6.81. The van der Waals surface area contributed by atoms with Crippen LogP contribution in [0.25, 0.3) is 10.9 Å². The molecular formula is C44H53NO4P2Si. The molecule has 0 fully saturated rings. The molecule has 0 unspecified atom stereocenters. The van der Waals surface area contributed by atoms with Crippen molar-refractivity contribution in [1.82, 2.24) is 4.98 Å². The summed E-state index contributed by atoms with van der Waals surface area (Å²) in [6, 6.07) is 51.8. The first kappa shape index (κ1) is 39.8. The van der Waals surface area contributed by atoms with Gasteiger partial charge in [0.2, 0.25) is 0 Å². The van der Waals surface area contributed by atoms with Gasteiger partial charge in [0.25, 0.3) is 0 Å². The molecule has 0 radical (unpaired) electrons. The molecule has 8 heteroatoms. The maximum atomic E-state index is 6.03. The first-order valence-corrected chi connectivity index (χ1v) is 23.3. The van der Waals surface area contributed by atoms with Gasteiger partial charge in [-0.1, -0.05) is 140 Å². The van der Waals surface area contributed by atoms with Crippen LogP contribution in [0, 0.1) is 0 Å². The number of rotatable bonds is 18. The third-order valence-electron chi connectivity index (χ3n) is 8.58. The lowest BCUT2D eigenvalue weighted by Gasteiger charge is -2.22. The number of fused-ring (bicyclic) bond motifs is 1. The Morgan fingerprint density at radius 3 is 1.35 bits per heavy atom. The number of hydrogen-bond acceptors (Lipinski definition) is 4. The van der Waals surface area contributed by atoms with E-state index in [4.69, 9.17) is 18.9 Å². The molecule has 1 aromatic heterocycles. The molecule has 0 amide bonds. The molecule has 272 valence electrons. The molecule has 1 N–H and O–H groups in total. The Hall–Kier alpha value is -3.44. The summed E-state index contributed by atoms with van der Waals surface area (Å²) >= 11 is 0. The molecule has 0 spiro atoms. The molecule has 0 aliphatic rings. The van der Waals surface area contributed by atoms with Crippen molar-refractivity contribution < 1.29 is 18.9 Å². The van der Waals surface area contributed by atoms with Gasteiger partial charge in [-0.15, -0.1) is 0 Å². The van der Waals surface area contributed by atoms with Crippen LogP contribution in [0.4, 0.5) is 0 Å². The van der Waals surface area contributed by atoms with E-state index >= 15 is 0 Å². The average molecular weight is 750 g/mol. The van der Waals surface area contributed by atoms with Crippen LogP contribution < -0.4 is 21.2 Å². The van der Waals surface area contributed by atoms with Crippen molar-refractivity contribution in [1.29, 1.82) is 0 Å². The van der Waals surface area contributed by atoms with Crippen LogP contribution in [-0.4, -0.2) is 52.6 Å². The van der Waals surface area contributed by atoms with E-state index in [1.807, 2.05) is 27.7 Å². The monoisotopic (exact) mass is 749 g/mol. The summed E-state index contributed by atoms with van der Waals surface area (Å²) in [5.41, 5.74) is 3.46. The summed E-state index contributed by atoms with van der Waals surface area (Å²) in [6.07, 6.45) is 0.541. The van der Waals surface area contributed by atoms with Crippen molar-refractivity contribution >= 4 is 57.5 Å². The van der Waals surface area contributed by atoms with Gasteiger partial charge in [0, 0.05) is 54.7 Å². The van der Waals surface area contributed by atoms with Crippen LogP contribution in [-0.2, 0) is 25.1 Å². The first-order valence-electron chi connectivity index (χ1n) is 18.5. The number of ether oxygens (including phenoxy) is 4. The van der Waals surface area contributed by atoms with Gasteiger partial charge in [-0.05, 0) is 76.6 Å². The Morgan fingerprint density at radius 1 is 0.500 bits per heavy atom. The lowest BCUT2D eigenvalue weighted by atomic mass is 10.1. The van der Waals surface area contributed by atoms with E-state index in [1.165, 1.54) is 38.1 Å². The molecule has 6 rings (SSSR count). The minimum atomic E-state index is -0.566. The highest BCUT2D eigenvalue weighted by Crippen LogP contribution is 2.42. The molecule has 0 aliphatic heterocycles. The van der Waals surface area contributed by atoms with Gasteiger partial charge in [0.05, 0.1) is 9.52 Å². The molecule has 52 heavy (non-hydrogen) atoms. The molecule has 0 bridgehead atoms.